The standard InChI is InChI=1S/C32H37N9O7S/c1-17(2)24(37-31(45)46)28(43)40-12-6-10-20(40)26-33-14-19(34-26)22-15-39-16-23(36-30(39)49-22)35-27(42)21-11-7-13-41(21)29(44)25(38-32(47)48)18-8-4-3-5-9-18/h3-5,8-9,14-17,20-21,24-25,37-38H,6-7,10-13H2,1-2H3,(H,33,34)(H,35,42)(H,45,46)(H,47,48)/t20-,21-,24-,25+/m0/s1. The van der Waals surface area contributed by atoms with E-state index in [1.54, 1.807) is 65.9 Å². The molecule has 3 aromatic heterocycles. The lowest BCUT2D eigenvalue weighted by molar-refractivity contribution is -0.138. The molecule has 4 aromatic rings. The molecule has 6 rings (SSSR count). The molecule has 6 N–H and O–H groups in total. The maximum Gasteiger partial charge on any atom is 0.405 e. The normalized spacial score (nSPS) is 18.8. The third-order valence-corrected chi connectivity index (χ3v) is 9.85. The molecule has 0 unspecified atom stereocenters. The van der Waals surface area contributed by atoms with Gasteiger partial charge in [0.25, 0.3) is 5.91 Å². The largest absolute Gasteiger partial charge is 0.465 e. The molecule has 0 saturated carbocycles. The SMILES string of the molecule is CC(C)[C@H](NC(=O)O)C(=O)N1CCC[C@H]1c1ncc(-c2cn3cc(NC(=O)[C@@H]4CCCN4C(=O)[C@H](NC(=O)O)c4ccccc4)nc3s2)[nH]1. The Hall–Kier alpha value is -5.45. The molecule has 5 amide bonds. The van der Waals surface area contributed by atoms with E-state index in [1.165, 1.54) is 16.2 Å². The Kier molecular flexibility index (Phi) is 9.53. The number of benzene rings is 1. The van der Waals surface area contributed by atoms with Gasteiger partial charge in [0.1, 0.15) is 23.9 Å². The summed E-state index contributed by atoms with van der Waals surface area (Å²) in [4.78, 5) is 80.0. The molecule has 0 bridgehead atoms. The van der Waals surface area contributed by atoms with Crippen LogP contribution < -0.4 is 16.0 Å². The van der Waals surface area contributed by atoms with Crippen molar-refractivity contribution in [1.29, 1.82) is 0 Å². The van der Waals surface area contributed by atoms with Crippen molar-refractivity contribution >= 4 is 52.0 Å². The number of rotatable bonds is 10. The summed E-state index contributed by atoms with van der Waals surface area (Å²) in [6.45, 7) is 4.42. The zero-order chi connectivity index (χ0) is 34.8. The smallest absolute Gasteiger partial charge is 0.405 e. The van der Waals surface area contributed by atoms with Gasteiger partial charge in [-0.1, -0.05) is 55.5 Å². The summed E-state index contributed by atoms with van der Waals surface area (Å²) < 4.78 is 1.77. The van der Waals surface area contributed by atoms with Crippen molar-refractivity contribution in [2.24, 2.45) is 5.92 Å². The fourth-order valence-corrected chi connectivity index (χ4v) is 7.42. The molecule has 5 heterocycles. The number of fused-ring (bicyclic) bond motifs is 1. The minimum Gasteiger partial charge on any atom is -0.465 e. The second kappa shape index (κ2) is 14.0. The Labute approximate surface area is 284 Å². The Morgan fingerprint density at radius 2 is 1.65 bits per heavy atom. The number of amides is 5. The Morgan fingerprint density at radius 1 is 0.939 bits per heavy atom. The number of carbonyl (C=O) groups is 5. The van der Waals surface area contributed by atoms with Gasteiger partial charge in [0, 0.05) is 19.3 Å². The molecule has 258 valence electrons. The molecule has 16 nitrogen and oxygen atoms in total. The number of hydrogen-bond acceptors (Lipinski definition) is 8. The fraction of sp³-hybridized carbons (Fsp3) is 0.406. The van der Waals surface area contributed by atoms with E-state index in [-0.39, 0.29) is 17.9 Å². The van der Waals surface area contributed by atoms with Crippen LogP contribution in [0, 0.1) is 5.92 Å². The van der Waals surface area contributed by atoms with Gasteiger partial charge in [-0.15, -0.1) is 0 Å². The average Bonchev–Trinajstić information content (AvgIpc) is 3.89. The van der Waals surface area contributed by atoms with Gasteiger partial charge < -0.3 is 40.9 Å². The average molecular weight is 692 g/mol. The maximum absolute atomic E-state index is 13.5. The summed E-state index contributed by atoms with van der Waals surface area (Å²) in [6.07, 6.45) is 5.10. The number of H-pyrrole nitrogens is 1. The van der Waals surface area contributed by atoms with Crippen LogP contribution in [0.5, 0.6) is 0 Å². The molecule has 2 aliphatic heterocycles. The van der Waals surface area contributed by atoms with Crippen LogP contribution in [-0.4, -0.2) is 94.4 Å². The quantitative estimate of drug-likeness (QED) is 0.143. The van der Waals surface area contributed by atoms with Crippen LogP contribution in [0.25, 0.3) is 15.5 Å². The van der Waals surface area contributed by atoms with Crippen molar-refractivity contribution in [3.05, 3.63) is 60.3 Å². The Bertz CT molecular complexity index is 1840. The van der Waals surface area contributed by atoms with Crippen molar-refractivity contribution in [2.75, 3.05) is 18.4 Å². The molecule has 2 fully saturated rings. The van der Waals surface area contributed by atoms with Crippen LogP contribution in [0.15, 0.2) is 48.9 Å². The van der Waals surface area contributed by atoms with Crippen LogP contribution in [0.2, 0.25) is 0 Å². The number of hydrogen-bond donors (Lipinski definition) is 6. The number of nitrogens with zero attached hydrogens (tertiary/aromatic N) is 5. The van der Waals surface area contributed by atoms with Crippen molar-refractivity contribution < 1.29 is 34.2 Å². The van der Waals surface area contributed by atoms with Gasteiger partial charge in [0.15, 0.2) is 10.8 Å². The van der Waals surface area contributed by atoms with Gasteiger partial charge in [0.05, 0.1) is 29.0 Å². The van der Waals surface area contributed by atoms with Gasteiger partial charge in [0.2, 0.25) is 11.8 Å². The van der Waals surface area contributed by atoms with E-state index >= 15 is 0 Å². The highest BCUT2D eigenvalue weighted by molar-refractivity contribution is 7.20. The first-order chi connectivity index (χ1) is 23.5. The van der Waals surface area contributed by atoms with Gasteiger partial charge in [-0.3, -0.25) is 18.8 Å². The Balaban J connectivity index is 1.13. The fourth-order valence-electron chi connectivity index (χ4n) is 6.49. The second-order valence-electron chi connectivity index (χ2n) is 12.4. The molecule has 4 atom stereocenters. The number of carboxylic acid groups (broad SMARTS) is 2. The molecule has 2 aliphatic rings. The van der Waals surface area contributed by atoms with Crippen LogP contribution in [-0.2, 0) is 14.4 Å². The highest BCUT2D eigenvalue weighted by atomic mass is 32.1. The maximum atomic E-state index is 13.5. The van der Waals surface area contributed by atoms with Crippen molar-refractivity contribution in [2.45, 2.75) is 63.7 Å². The number of imidazole rings is 2. The first-order valence-electron chi connectivity index (χ1n) is 16.0. The number of anilines is 1. The first-order valence-corrected chi connectivity index (χ1v) is 16.8. The number of aromatic amines is 1. The predicted molar refractivity (Wildman–Crippen MR) is 178 cm³/mol. The van der Waals surface area contributed by atoms with Gasteiger partial charge >= 0.3 is 12.2 Å². The van der Waals surface area contributed by atoms with Crippen molar-refractivity contribution in [3.63, 3.8) is 0 Å². The molecule has 2 saturated heterocycles. The van der Waals surface area contributed by atoms with Crippen molar-refractivity contribution in [3.8, 4) is 10.6 Å². The minimum absolute atomic E-state index is 0.221. The molecule has 0 spiro atoms. The van der Waals surface area contributed by atoms with Gasteiger partial charge in [-0.25, -0.2) is 19.6 Å². The summed E-state index contributed by atoms with van der Waals surface area (Å²) in [5.41, 5.74) is 1.21. The molecule has 0 radical (unpaired) electrons. The van der Waals surface area contributed by atoms with E-state index in [0.29, 0.717) is 54.5 Å². The van der Waals surface area contributed by atoms with E-state index in [4.69, 9.17) is 0 Å². The number of thiazole rings is 1. The van der Waals surface area contributed by atoms with E-state index < -0.39 is 42.1 Å². The summed E-state index contributed by atoms with van der Waals surface area (Å²) in [7, 11) is 0. The monoisotopic (exact) mass is 691 g/mol. The molecular formula is C32H37N9O7S. The summed E-state index contributed by atoms with van der Waals surface area (Å²) in [5.74, 6) is -0.484. The molecule has 1 aromatic carbocycles. The van der Waals surface area contributed by atoms with Gasteiger partial charge in [-0.05, 0) is 37.2 Å². The van der Waals surface area contributed by atoms with Crippen LogP contribution >= 0.6 is 11.3 Å². The zero-order valence-electron chi connectivity index (χ0n) is 26.8. The lowest BCUT2D eigenvalue weighted by Gasteiger charge is -2.29. The number of aromatic nitrogens is 4. The topological polar surface area (TPSA) is 214 Å². The minimum atomic E-state index is -1.34. The lowest BCUT2D eigenvalue weighted by Crippen LogP contribution is -2.50. The molecule has 17 heteroatoms. The van der Waals surface area contributed by atoms with E-state index in [1.807, 2.05) is 6.20 Å². The van der Waals surface area contributed by atoms with E-state index in [0.717, 1.165) is 17.0 Å². The number of nitrogens with one attached hydrogen (secondary N) is 4. The van der Waals surface area contributed by atoms with Gasteiger partial charge in [-0.2, -0.15) is 0 Å². The van der Waals surface area contributed by atoms with E-state index in [2.05, 4.69) is 30.9 Å². The highest BCUT2D eigenvalue weighted by Gasteiger charge is 2.39. The van der Waals surface area contributed by atoms with Crippen LogP contribution in [0.1, 0.15) is 63.0 Å². The van der Waals surface area contributed by atoms with E-state index in [9.17, 15) is 34.2 Å². The first kappa shape index (κ1) is 33.5. The number of carbonyl (C=O) groups excluding carboxylic acids is 3. The highest BCUT2D eigenvalue weighted by Crippen LogP contribution is 2.34. The third kappa shape index (κ3) is 7.06. The zero-order valence-corrected chi connectivity index (χ0v) is 27.6. The van der Waals surface area contributed by atoms with Crippen molar-refractivity contribution in [1.82, 2.24) is 39.8 Å². The molecule has 49 heavy (non-hydrogen) atoms. The predicted octanol–water partition coefficient (Wildman–Crippen LogP) is 3.68. The molecular weight excluding hydrogens is 654 g/mol. The third-order valence-electron chi connectivity index (χ3n) is 8.82. The second-order valence-corrected chi connectivity index (χ2v) is 13.4. The van der Waals surface area contributed by atoms with Crippen LogP contribution in [0.4, 0.5) is 15.4 Å². The molecule has 0 aliphatic carbocycles. The number of likely N-dealkylation sites (tertiary alicyclic amines) is 2. The van der Waals surface area contributed by atoms with Crippen LogP contribution in [0.3, 0.4) is 0 Å². The summed E-state index contributed by atoms with van der Waals surface area (Å²) >= 11 is 1.37. The summed E-state index contributed by atoms with van der Waals surface area (Å²) in [5, 5.41) is 26.1. The lowest BCUT2D eigenvalue weighted by atomic mass is 10.0. The Morgan fingerprint density at radius 3 is 2.35 bits per heavy atom. The summed E-state index contributed by atoms with van der Waals surface area (Å²) in [6, 6.07) is 5.42.